The highest BCUT2D eigenvalue weighted by Gasteiger charge is 2.40. The molecule has 2 fully saturated rings. The van der Waals surface area contributed by atoms with E-state index in [1.165, 1.54) is 16.9 Å². The predicted octanol–water partition coefficient (Wildman–Crippen LogP) is 5.74. The maximum absolute atomic E-state index is 14.0. The van der Waals surface area contributed by atoms with Crippen LogP contribution in [0.25, 0.3) is 5.65 Å². The van der Waals surface area contributed by atoms with Crippen molar-refractivity contribution in [1.82, 2.24) is 35.2 Å². The molecule has 2 aliphatic carbocycles. The van der Waals surface area contributed by atoms with Crippen molar-refractivity contribution in [3.05, 3.63) is 53.5 Å². The van der Waals surface area contributed by atoms with Crippen molar-refractivity contribution in [3.63, 3.8) is 0 Å². The predicted molar refractivity (Wildman–Crippen MR) is 136 cm³/mol. The number of fused-ring (bicyclic) bond motifs is 1. The van der Waals surface area contributed by atoms with E-state index < -0.39 is 85.2 Å². The molecule has 3 heterocycles. The van der Waals surface area contributed by atoms with Crippen molar-refractivity contribution in [3.8, 4) is 0 Å². The van der Waals surface area contributed by atoms with Gasteiger partial charge >= 0.3 is 12.4 Å². The molecule has 0 spiro atoms. The topological polar surface area (TPSA) is 114 Å². The third-order valence-corrected chi connectivity index (χ3v) is 7.79. The second-order valence-electron chi connectivity index (χ2n) is 11.2. The van der Waals surface area contributed by atoms with E-state index in [1.807, 2.05) is 0 Å². The lowest BCUT2D eigenvalue weighted by Gasteiger charge is -2.33. The Balaban J connectivity index is 1.41. The molecule has 2 aliphatic rings. The van der Waals surface area contributed by atoms with Crippen LogP contribution in [-0.4, -0.2) is 48.5 Å². The van der Waals surface area contributed by atoms with Gasteiger partial charge in [-0.1, -0.05) is 0 Å². The molecule has 0 saturated heterocycles. The summed E-state index contributed by atoms with van der Waals surface area (Å²) in [5.41, 5.74) is -0.950. The SMILES string of the molecule is O=C(CCC(F)(F)F)N[C@@H](c1cnn2cc([C@@H](NC(=O)c3cc(C(F)(F)F)ncn3)C3CCC(F)(F)CC3)nc2c1)C1CC1. The van der Waals surface area contributed by atoms with Gasteiger partial charge in [-0.3, -0.25) is 9.59 Å². The number of aromatic nitrogens is 5. The Morgan fingerprint density at radius 2 is 1.64 bits per heavy atom. The molecule has 44 heavy (non-hydrogen) atoms. The molecule has 2 N–H and O–H groups in total. The summed E-state index contributed by atoms with van der Waals surface area (Å²) in [5, 5.41) is 9.55. The van der Waals surface area contributed by atoms with Gasteiger partial charge in [0, 0.05) is 25.3 Å². The molecule has 2 amide bonds. The number of carbonyl (C=O) groups excluding carboxylic acids is 2. The van der Waals surface area contributed by atoms with Crippen LogP contribution in [0.4, 0.5) is 35.1 Å². The largest absolute Gasteiger partial charge is 0.433 e. The van der Waals surface area contributed by atoms with Gasteiger partial charge in [0.2, 0.25) is 11.8 Å². The van der Waals surface area contributed by atoms with Crippen molar-refractivity contribution >= 4 is 17.5 Å². The van der Waals surface area contributed by atoms with Gasteiger partial charge in [-0.2, -0.15) is 31.4 Å². The Morgan fingerprint density at radius 1 is 0.955 bits per heavy atom. The van der Waals surface area contributed by atoms with Gasteiger partial charge in [-0.15, -0.1) is 0 Å². The first-order valence-electron chi connectivity index (χ1n) is 13.9. The quantitative estimate of drug-likeness (QED) is 0.291. The molecule has 2 atom stereocenters. The maximum atomic E-state index is 14.0. The van der Waals surface area contributed by atoms with Gasteiger partial charge in [0.15, 0.2) is 5.65 Å². The molecular formula is C27H27F8N7O2. The number of nitrogens with one attached hydrogen (secondary N) is 2. The van der Waals surface area contributed by atoms with Gasteiger partial charge < -0.3 is 10.6 Å². The molecule has 0 unspecified atom stereocenters. The lowest BCUT2D eigenvalue weighted by molar-refractivity contribution is -0.144. The van der Waals surface area contributed by atoms with Gasteiger partial charge in [-0.05, 0) is 49.1 Å². The standard InChI is InChI=1S/C27H27F8N7O2/c28-25(29)6-3-15(4-7-25)23(41-24(44)17-10-19(27(33,34)35)37-13-36-17)18-12-42-20(39-18)9-16(11-38-42)22(14-1-2-14)40-21(43)5-8-26(30,31)32/h9-15,22-23H,1-8H2,(H,40,43)(H,41,44)/t22-,23+/m1/s1. The number of carbonyl (C=O) groups is 2. The van der Waals surface area contributed by atoms with Crippen LogP contribution in [-0.2, 0) is 11.0 Å². The van der Waals surface area contributed by atoms with E-state index in [9.17, 15) is 44.7 Å². The van der Waals surface area contributed by atoms with E-state index in [0.29, 0.717) is 18.0 Å². The molecule has 2 saturated carbocycles. The number of hydrogen-bond donors (Lipinski definition) is 2. The number of hydrogen-bond acceptors (Lipinski definition) is 6. The third kappa shape index (κ3) is 7.77. The molecule has 0 radical (unpaired) electrons. The number of nitrogens with zero attached hydrogens (tertiary/aromatic N) is 5. The van der Waals surface area contributed by atoms with Crippen LogP contribution in [0.5, 0.6) is 0 Å². The summed E-state index contributed by atoms with van der Waals surface area (Å²) in [5.74, 6) is -5.19. The van der Waals surface area contributed by atoms with Gasteiger partial charge in [-0.25, -0.2) is 28.2 Å². The van der Waals surface area contributed by atoms with Crippen molar-refractivity contribution in [2.75, 3.05) is 0 Å². The molecule has 17 heteroatoms. The van der Waals surface area contributed by atoms with Crippen LogP contribution < -0.4 is 10.6 Å². The van der Waals surface area contributed by atoms with E-state index in [0.717, 1.165) is 12.8 Å². The molecule has 0 bridgehead atoms. The average Bonchev–Trinajstić information content (AvgIpc) is 3.70. The monoisotopic (exact) mass is 633 g/mol. The minimum absolute atomic E-state index is 0.00418. The molecule has 9 nitrogen and oxygen atoms in total. The highest BCUT2D eigenvalue weighted by atomic mass is 19.4. The fraction of sp³-hybridized carbons (Fsp3) is 0.556. The zero-order chi connectivity index (χ0) is 31.9. The Morgan fingerprint density at radius 3 is 2.27 bits per heavy atom. The van der Waals surface area contributed by atoms with Gasteiger partial charge in [0.1, 0.15) is 17.7 Å². The summed E-state index contributed by atoms with van der Waals surface area (Å²) in [6.07, 6.45) is -7.24. The summed E-state index contributed by atoms with van der Waals surface area (Å²) in [7, 11) is 0. The van der Waals surface area contributed by atoms with E-state index in [1.54, 1.807) is 6.07 Å². The highest BCUT2D eigenvalue weighted by Crippen LogP contribution is 2.43. The molecule has 5 rings (SSSR count). The van der Waals surface area contributed by atoms with E-state index in [4.69, 9.17) is 0 Å². The molecule has 238 valence electrons. The molecule has 3 aromatic rings. The normalized spacial score (nSPS) is 19.0. The Labute approximate surface area is 244 Å². The van der Waals surface area contributed by atoms with Crippen LogP contribution >= 0.6 is 0 Å². The van der Waals surface area contributed by atoms with E-state index in [2.05, 4.69) is 30.7 Å². The van der Waals surface area contributed by atoms with Crippen LogP contribution in [0.3, 0.4) is 0 Å². The van der Waals surface area contributed by atoms with Crippen LogP contribution in [0.2, 0.25) is 0 Å². The molecule has 3 aromatic heterocycles. The smallest absolute Gasteiger partial charge is 0.349 e. The lowest BCUT2D eigenvalue weighted by Crippen LogP contribution is -2.37. The van der Waals surface area contributed by atoms with E-state index in [-0.39, 0.29) is 30.1 Å². The van der Waals surface area contributed by atoms with Crippen LogP contribution in [0, 0.1) is 11.8 Å². The number of halogens is 8. The summed E-state index contributed by atoms with van der Waals surface area (Å²) >= 11 is 0. The summed E-state index contributed by atoms with van der Waals surface area (Å²) in [4.78, 5) is 36.6. The zero-order valence-corrected chi connectivity index (χ0v) is 22.9. The molecule has 0 aliphatic heterocycles. The van der Waals surface area contributed by atoms with E-state index >= 15 is 0 Å². The third-order valence-electron chi connectivity index (χ3n) is 7.79. The summed E-state index contributed by atoms with van der Waals surface area (Å²) in [6.45, 7) is 0. The molecule has 0 aromatic carbocycles. The minimum atomic E-state index is -4.83. The highest BCUT2D eigenvalue weighted by molar-refractivity contribution is 5.92. The fourth-order valence-electron chi connectivity index (χ4n) is 5.31. The van der Waals surface area contributed by atoms with Crippen LogP contribution in [0.15, 0.2) is 30.9 Å². The summed E-state index contributed by atoms with van der Waals surface area (Å²) in [6, 6.07) is 0.469. The second-order valence-corrected chi connectivity index (χ2v) is 11.2. The van der Waals surface area contributed by atoms with Crippen molar-refractivity contribution in [2.24, 2.45) is 11.8 Å². The fourth-order valence-corrected chi connectivity index (χ4v) is 5.31. The van der Waals surface area contributed by atoms with Gasteiger partial charge in [0.25, 0.3) is 5.91 Å². The minimum Gasteiger partial charge on any atom is -0.349 e. The first-order chi connectivity index (χ1) is 20.6. The Bertz CT molecular complexity index is 1510. The number of alkyl halides is 8. The Kier molecular flexibility index (Phi) is 8.50. The second kappa shape index (κ2) is 11.9. The first-order valence-corrected chi connectivity index (χ1v) is 13.9. The maximum Gasteiger partial charge on any atom is 0.433 e. The average molecular weight is 634 g/mol. The summed E-state index contributed by atoms with van der Waals surface area (Å²) < 4.78 is 106. The van der Waals surface area contributed by atoms with Gasteiger partial charge in [0.05, 0.1) is 36.6 Å². The van der Waals surface area contributed by atoms with Crippen LogP contribution in [0.1, 0.15) is 90.9 Å². The first kappa shape index (κ1) is 31.5. The number of imidazole rings is 1. The lowest BCUT2D eigenvalue weighted by atomic mass is 9.81. The van der Waals surface area contributed by atoms with Crippen molar-refractivity contribution < 1.29 is 44.7 Å². The Hall–Kier alpha value is -3.92. The zero-order valence-electron chi connectivity index (χ0n) is 22.9. The van der Waals surface area contributed by atoms with Crippen molar-refractivity contribution in [2.45, 2.75) is 81.7 Å². The number of amides is 2. The van der Waals surface area contributed by atoms with Crippen molar-refractivity contribution in [1.29, 1.82) is 0 Å². The number of rotatable bonds is 9. The molecular weight excluding hydrogens is 606 g/mol.